The molecule has 0 fully saturated rings. The number of sulfonamides is 1. The van der Waals surface area contributed by atoms with Crippen molar-refractivity contribution in [2.24, 2.45) is 0 Å². The van der Waals surface area contributed by atoms with E-state index in [1.54, 1.807) is 6.07 Å². The van der Waals surface area contributed by atoms with Gasteiger partial charge in [0.25, 0.3) is 10.0 Å². The predicted octanol–water partition coefficient (Wildman–Crippen LogP) is 2.56. The van der Waals surface area contributed by atoms with Crippen LogP contribution in [0, 0.1) is 0 Å². The normalized spacial score (nSPS) is 11.5. The van der Waals surface area contributed by atoms with Crippen molar-refractivity contribution in [2.75, 3.05) is 12.4 Å². The summed E-state index contributed by atoms with van der Waals surface area (Å²) >= 11 is 3.35. The summed E-state index contributed by atoms with van der Waals surface area (Å²) in [5.41, 5.74) is 0.928. The van der Waals surface area contributed by atoms with E-state index in [1.807, 2.05) is 24.3 Å². The van der Waals surface area contributed by atoms with E-state index in [9.17, 15) is 8.42 Å². The van der Waals surface area contributed by atoms with Crippen LogP contribution in [-0.2, 0) is 16.6 Å². The Balaban J connectivity index is 2.03. The lowest BCUT2D eigenvalue weighted by Crippen LogP contribution is -2.17. The molecule has 0 amide bonds. The third-order valence-electron chi connectivity index (χ3n) is 2.48. The molecule has 102 valence electrons. The van der Waals surface area contributed by atoms with E-state index in [1.165, 1.54) is 13.1 Å². The van der Waals surface area contributed by atoms with Crippen molar-refractivity contribution in [2.45, 2.75) is 11.6 Å². The quantitative estimate of drug-likeness (QED) is 0.874. The minimum atomic E-state index is -3.52. The molecule has 2 rings (SSSR count). The summed E-state index contributed by atoms with van der Waals surface area (Å²) in [5, 5.41) is 3.06. The Morgan fingerprint density at radius 1 is 1.16 bits per heavy atom. The lowest BCUT2D eigenvalue weighted by Gasteiger charge is -2.04. The standard InChI is InChI=1S/C12H13BrN2O3S/c1-14-19(16,17)12-7-6-11(18-12)8-15-10-4-2-9(13)3-5-10/h2-7,14-15H,8H2,1H3. The molecule has 0 aliphatic carbocycles. The maximum atomic E-state index is 11.5. The Hall–Kier alpha value is -1.31. The second-order valence-corrected chi connectivity index (χ2v) is 6.52. The Kier molecular flexibility index (Phi) is 4.28. The van der Waals surface area contributed by atoms with Gasteiger partial charge in [-0.15, -0.1) is 0 Å². The van der Waals surface area contributed by atoms with Gasteiger partial charge >= 0.3 is 0 Å². The summed E-state index contributed by atoms with van der Waals surface area (Å²) < 4.78 is 31.5. The Bertz CT molecular complexity index is 650. The van der Waals surface area contributed by atoms with E-state index < -0.39 is 10.0 Å². The van der Waals surface area contributed by atoms with Crippen molar-refractivity contribution in [3.63, 3.8) is 0 Å². The van der Waals surface area contributed by atoms with E-state index in [2.05, 4.69) is 26.0 Å². The van der Waals surface area contributed by atoms with Crippen molar-refractivity contribution >= 4 is 31.6 Å². The maximum Gasteiger partial charge on any atom is 0.273 e. The zero-order valence-corrected chi connectivity index (χ0v) is 12.6. The van der Waals surface area contributed by atoms with E-state index in [0.29, 0.717) is 12.3 Å². The van der Waals surface area contributed by atoms with Crippen LogP contribution in [0.25, 0.3) is 0 Å². The third-order valence-corrected chi connectivity index (χ3v) is 4.30. The number of hydrogen-bond donors (Lipinski definition) is 2. The van der Waals surface area contributed by atoms with Gasteiger partial charge in [0.05, 0.1) is 6.54 Å². The van der Waals surface area contributed by atoms with E-state index in [4.69, 9.17) is 4.42 Å². The summed E-state index contributed by atoms with van der Waals surface area (Å²) in [4.78, 5) is 0. The fraction of sp³-hybridized carbons (Fsp3) is 0.167. The van der Waals surface area contributed by atoms with Crippen LogP contribution in [0.2, 0.25) is 0 Å². The SMILES string of the molecule is CNS(=O)(=O)c1ccc(CNc2ccc(Br)cc2)o1. The third kappa shape index (κ3) is 3.59. The lowest BCUT2D eigenvalue weighted by molar-refractivity contribution is 0.417. The molecular weight excluding hydrogens is 332 g/mol. The lowest BCUT2D eigenvalue weighted by atomic mass is 10.3. The molecule has 0 spiro atoms. The molecule has 0 aliphatic rings. The van der Waals surface area contributed by atoms with Crippen molar-refractivity contribution in [1.29, 1.82) is 0 Å². The highest BCUT2D eigenvalue weighted by Gasteiger charge is 2.15. The molecule has 0 saturated carbocycles. The average molecular weight is 345 g/mol. The number of anilines is 1. The fourth-order valence-electron chi connectivity index (χ4n) is 1.46. The smallest absolute Gasteiger partial charge is 0.273 e. The highest BCUT2D eigenvalue weighted by atomic mass is 79.9. The first-order valence-electron chi connectivity index (χ1n) is 5.53. The monoisotopic (exact) mass is 344 g/mol. The zero-order valence-electron chi connectivity index (χ0n) is 10.2. The van der Waals surface area contributed by atoms with Crippen molar-refractivity contribution in [3.05, 3.63) is 46.6 Å². The van der Waals surface area contributed by atoms with Gasteiger partial charge in [-0.1, -0.05) is 15.9 Å². The van der Waals surface area contributed by atoms with Crippen molar-refractivity contribution < 1.29 is 12.8 Å². The van der Waals surface area contributed by atoms with E-state index >= 15 is 0 Å². The van der Waals surface area contributed by atoms with E-state index in [-0.39, 0.29) is 5.09 Å². The Labute approximate surface area is 120 Å². The number of halogens is 1. The van der Waals surface area contributed by atoms with Crippen molar-refractivity contribution in [3.8, 4) is 0 Å². The molecule has 0 bridgehead atoms. The predicted molar refractivity (Wildman–Crippen MR) is 76.4 cm³/mol. The zero-order chi connectivity index (χ0) is 13.9. The van der Waals surface area contributed by atoms with Gasteiger partial charge in [0.2, 0.25) is 5.09 Å². The van der Waals surface area contributed by atoms with Gasteiger partial charge in [-0.2, -0.15) is 0 Å². The second-order valence-electron chi connectivity index (χ2n) is 3.79. The van der Waals surface area contributed by atoms with Gasteiger partial charge in [0.1, 0.15) is 5.76 Å². The summed E-state index contributed by atoms with van der Waals surface area (Å²) in [6.07, 6.45) is 0. The van der Waals surface area contributed by atoms with Gasteiger partial charge in [0.15, 0.2) is 0 Å². The molecule has 0 aliphatic heterocycles. The molecule has 1 aromatic heterocycles. The van der Waals surface area contributed by atoms with E-state index in [0.717, 1.165) is 10.2 Å². The molecular formula is C12H13BrN2O3S. The minimum absolute atomic E-state index is 0.0809. The number of hydrogen-bond acceptors (Lipinski definition) is 4. The first kappa shape index (κ1) is 14.1. The number of nitrogens with one attached hydrogen (secondary N) is 2. The van der Waals surface area contributed by atoms with Crippen LogP contribution < -0.4 is 10.0 Å². The van der Waals surface area contributed by atoms with Crippen LogP contribution in [0.1, 0.15) is 5.76 Å². The summed E-state index contributed by atoms with van der Waals surface area (Å²) in [6, 6.07) is 10.7. The number of furan rings is 1. The molecule has 1 heterocycles. The molecule has 19 heavy (non-hydrogen) atoms. The molecule has 0 unspecified atom stereocenters. The van der Waals surface area contributed by atoms with Crippen LogP contribution in [0.3, 0.4) is 0 Å². The Morgan fingerprint density at radius 2 is 1.84 bits per heavy atom. The average Bonchev–Trinajstić information content (AvgIpc) is 2.88. The van der Waals surface area contributed by atoms with Crippen LogP contribution in [-0.4, -0.2) is 15.5 Å². The number of rotatable bonds is 5. The summed E-state index contributed by atoms with van der Waals surface area (Å²) in [7, 11) is -2.17. The molecule has 0 radical (unpaired) electrons. The molecule has 5 nitrogen and oxygen atoms in total. The molecule has 0 atom stereocenters. The molecule has 0 saturated heterocycles. The van der Waals surface area contributed by atoms with Crippen LogP contribution in [0.4, 0.5) is 5.69 Å². The largest absolute Gasteiger partial charge is 0.446 e. The maximum absolute atomic E-state index is 11.5. The highest BCUT2D eigenvalue weighted by Crippen LogP contribution is 2.17. The Morgan fingerprint density at radius 3 is 2.47 bits per heavy atom. The van der Waals surface area contributed by atoms with Crippen LogP contribution in [0.5, 0.6) is 0 Å². The fourth-order valence-corrected chi connectivity index (χ4v) is 2.38. The van der Waals surface area contributed by atoms with Gasteiger partial charge in [0, 0.05) is 10.2 Å². The van der Waals surface area contributed by atoms with Crippen LogP contribution >= 0.6 is 15.9 Å². The van der Waals surface area contributed by atoms with Gasteiger partial charge in [-0.25, -0.2) is 13.1 Å². The highest BCUT2D eigenvalue weighted by molar-refractivity contribution is 9.10. The van der Waals surface area contributed by atoms with Gasteiger partial charge < -0.3 is 9.73 Å². The van der Waals surface area contributed by atoms with Crippen LogP contribution in [0.15, 0.2) is 50.4 Å². The first-order valence-corrected chi connectivity index (χ1v) is 7.80. The summed E-state index contributed by atoms with van der Waals surface area (Å²) in [6.45, 7) is 0.418. The minimum Gasteiger partial charge on any atom is -0.446 e. The first-order chi connectivity index (χ1) is 9.01. The van der Waals surface area contributed by atoms with Gasteiger partial charge in [-0.05, 0) is 43.4 Å². The van der Waals surface area contributed by atoms with Crippen molar-refractivity contribution in [1.82, 2.24) is 4.72 Å². The molecule has 1 aromatic carbocycles. The molecule has 2 aromatic rings. The van der Waals surface area contributed by atoms with Gasteiger partial charge in [-0.3, -0.25) is 0 Å². The molecule has 7 heteroatoms. The number of benzene rings is 1. The topological polar surface area (TPSA) is 71.3 Å². The summed E-state index contributed by atoms with van der Waals surface area (Å²) in [5.74, 6) is 0.553. The second kappa shape index (κ2) is 5.77. The molecule has 2 N–H and O–H groups in total.